The van der Waals surface area contributed by atoms with Crippen LogP contribution in [-0.4, -0.2) is 40.2 Å². The van der Waals surface area contributed by atoms with E-state index in [0.29, 0.717) is 17.7 Å². The number of rotatable bonds is 6. The van der Waals surface area contributed by atoms with E-state index >= 15 is 0 Å². The van der Waals surface area contributed by atoms with Crippen LogP contribution in [0.1, 0.15) is 16.1 Å². The van der Waals surface area contributed by atoms with Crippen LogP contribution in [0.3, 0.4) is 0 Å². The Bertz CT molecular complexity index is 1000. The average molecular weight is 443 g/mol. The largest absolute Gasteiger partial charge is 0.508 e. The third-order valence-electron chi connectivity index (χ3n) is 4.16. The molecule has 144 valence electrons. The number of halogens is 1. The van der Waals surface area contributed by atoms with Crippen LogP contribution in [0.25, 0.3) is 11.3 Å². The number of H-pyrrole nitrogens is 1. The summed E-state index contributed by atoms with van der Waals surface area (Å²) in [5, 5.41) is 21.7. The summed E-state index contributed by atoms with van der Waals surface area (Å²) in [4.78, 5) is 24.9. The van der Waals surface area contributed by atoms with Gasteiger partial charge in [-0.2, -0.15) is 5.10 Å². The van der Waals surface area contributed by atoms with Gasteiger partial charge in [0, 0.05) is 23.5 Å². The lowest BCUT2D eigenvalue weighted by Crippen LogP contribution is -2.47. The number of phenolic OH excluding ortho intramolecular Hbond substituents is 1. The fraction of sp³-hybridized carbons (Fsp3) is 0.150. The summed E-state index contributed by atoms with van der Waals surface area (Å²) in [5.41, 5.74) is 2.33. The number of hydrogen-bond donors (Lipinski definition) is 4. The van der Waals surface area contributed by atoms with Gasteiger partial charge in [-0.15, -0.1) is 0 Å². The molecule has 0 spiro atoms. The van der Waals surface area contributed by atoms with Crippen molar-refractivity contribution in [1.82, 2.24) is 20.8 Å². The molecule has 0 bridgehead atoms. The summed E-state index contributed by atoms with van der Waals surface area (Å²) in [7, 11) is 1.53. The highest BCUT2D eigenvalue weighted by atomic mass is 79.9. The highest BCUT2D eigenvalue weighted by Gasteiger charge is 2.22. The molecule has 8 heteroatoms. The van der Waals surface area contributed by atoms with E-state index < -0.39 is 11.9 Å². The Kier molecular flexibility index (Phi) is 6.10. The van der Waals surface area contributed by atoms with Gasteiger partial charge < -0.3 is 15.7 Å². The number of nitrogens with one attached hydrogen (secondary N) is 3. The summed E-state index contributed by atoms with van der Waals surface area (Å²) in [5.74, 6) is -0.622. The van der Waals surface area contributed by atoms with Crippen LogP contribution in [0, 0.1) is 0 Å². The predicted octanol–water partition coefficient (Wildman–Crippen LogP) is 2.63. The van der Waals surface area contributed by atoms with Crippen molar-refractivity contribution in [2.24, 2.45) is 0 Å². The van der Waals surface area contributed by atoms with Crippen LogP contribution in [0.2, 0.25) is 0 Å². The minimum Gasteiger partial charge on any atom is -0.508 e. The molecule has 1 aromatic heterocycles. The number of phenols is 1. The van der Waals surface area contributed by atoms with Gasteiger partial charge in [-0.05, 0) is 35.9 Å². The molecule has 3 aromatic rings. The number of carbonyl (C=O) groups is 2. The molecule has 7 nitrogen and oxygen atoms in total. The molecule has 0 fully saturated rings. The number of aromatic nitrogens is 2. The Morgan fingerprint density at radius 1 is 1.18 bits per heavy atom. The molecule has 0 aliphatic carbocycles. The highest BCUT2D eigenvalue weighted by molar-refractivity contribution is 9.10. The van der Waals surface area contributed by atoms with Gasteiger partial charge >= 0.3 is 0 Å². The zero-order valence-electron chi connectivity index (χ0n) is 15.1. The number of aromatic amines is 1. The number of hydrogen-bond acceptors (Lipinski definition) is 4. The van der Waals surface area contributed by atoms with Crippen molar-refractivity contribution in [3.8, 4) is 17.0 Å². The van der Waals surface area contributed by atoms with E-state index in [4.69, 9.17) is 0 Å². The highest BCUT2D eigenvalue weighted by Crippen LogP contribution is 2.22. The van der Waals surface area contributed by atoms with Gasteiger partial charge in [0.1, 0.15) is 17.5 Å². The summed E-state index contributed by atoms with van der Waals surface area (Å²) < 4.78 is 0.899. The first-order chi connectivity index (χ1) is 13.5. The van der Waals surface area contributed by atoms with Gasteiger partial charge in [-0.25, -0.2) is 0 Å². The maximum absolute atomic E-state index is 12.6. The van der Waals surface area contributed by atoms with E-state index in [9.17, 15) is 14.7 Å². The number of aromatic hydroxyl groups is 1. The van der Waals surface area contributed by atoms with E-state index in [1.54, 1.807) is 30.3 Å². The van der Waals surface area contributed by atoms with Crippen LogP contribution in [0.5, 0.6) is 5.75 Å². The summed E-state index contributed by atoms with van der Waals surface area (Å²) in [6.45, 7) is 0. The van der Waals surface area contributed by atoms with Gasteiger partial charge in [0.15, 0.2) is 0 Å². The third kappa shape index (κ3) is 4.77. The first kappa shape index (κ1) is 19.6. The molecule has 0 unspecified atom stereocenters. The van der Waals surface area contributed by atoms with Crippen molar-refractivity contribution in [3.05, 3.63) is 70.3 Å². The zero-order valence-corrected chi connectivity index (χ0v) is 16.7. The number of carbonyl (C=O) groups excluding carboxylic acids is 2. The molecule has 1 atom stereocenters. The second kappa shape index (κ2) is 8.71. The van der Waals surface area contributed by atoms with Crippen LogP contribution in [0.4, 0.5) is 0 Å². The minimum absolute atomic E-state index is 0.111. The second-order valence-corrected chi connectivity index (χ2v) is 7.11. The zero-order chi connectivity index (χ0) is 20.1. The second-order valence-electron chi connectivity index (χ2n) is 6.19. The van der Waals surface area contributed by atoms with E-state index in [2.05, 4.69) is 36.8 Å². The normalized spacial score (nSPS) is 11.6. The van der Waals surface area contributed by atoms with Crippen LogP contribution in [0.15, 0.2) is 59.1 Å². The Morgan fingerprint density at radius 3 is 2.68 bits per heavy atom. The van der Waals surface area contributed by atoms with Crippen LogP contribution >= 0.6 is 15.9 Å². The maximum atomic E-state index is 12.6. The Balaban J connectivity index is 1.76. The number of nitrogens with zero attached hydrogens (tertiary/aromatic N) is 1. The topological polar surface area (TPSA) is 107 Å². The van der Waals surface area contributed by atoms with Crippen LogP contribution in [-0.2, 0) is 11.2 Å². The monoisotopic (exact) mass is 442 g/mol. The van der Waals surface area contributed by atoms with E-state index in [1.165, 1.54) is 7.05 Å². The van der Waals surface area contributed by atoms with Crippen molar-refractivity contribution < 1.29 is 14.7 Å². The predicted molar refractivity (Wildman–Crippen MR) is 109 cm³/mol. The van der Waals surface area contributed by atoms with E-state index in [-0.39, 0.29) is 17.4 Å². The SMILES string of the molecule is CNC(=O)[C@H](Cc1cccc(Br)c1)NC(=O)c1cc(-c2cccc(O)c2)n[nH]1. The third-order valence-corrected chi connectivity index (χ3v) is 4.65. The van der Waals surface area contributed by atoms with Crippen molar-refractivity contribution >= 4 is 27.7 Å². The quantitative estimate of drug-likeness (QED) is 0.470. The first-order valence-electron chi connectivity index (χ1n) is 8.58. The smallest absolute Gasteiger partial charge is 0.269 e. The van der Waals surface area contributed by atoms with Crippen molar-refractivity contribution in [3.63, 3.8) is 0 Å². The summed E-state index contributed by atoms with van der Waals surface area (Å²) in [6.07, 6.45) is 0.346. The lowest BCUT2D eigenvalue weighted by atomic mass is 10.0. The number of amides is 2. The van der Waals surface area contributed by atoms with Crippen LogP contribution < -0.4 is 10.6 Å². The molecule has 4 N–H and O–H groups in total. The fourth-order valence-corrected chi connectivity index (χ4v) is 3.22. The Labute approximate surface area is 170 Å². The van der Waals surface area contributed by atoms with Gasteiger partial charge in [-0.3, -0.25) is 14.7 Å². The fourth-order valence-electron chi connectivity index (χ4n) is 2.77. The maximum Gasteiger partial charge on any atom is 0.269 e. The lowest BCUT2D eigenvalue weighted by molar-refractivity contribution is -0.122. The molecule has 3 rings (SSSR count). The molecule has 0 aliphatic rings. The molecule has 28 heavy (non-hydrogen) atoms. The standard InChI is InChI=1S/C20H19BrN4O3/c1-22-19(27)17(9-12-4-2-6-14(21)8-12)23-20(28)18-11-16(24-25-18)13-5-3-7-15(26)10-13/h2-8,10-11,17,26H,9H2,1H3,(H,22,27)(H,23,28)(H,24,25)/t17-/m0/s1. The van der Waals surface area contributed by atoms with Gasteiger partial charge in [0.05, 0.1) is 5.69 Å². The lowest BCUT2D eigenvalue weighted by Gasteiger charge is -2.17. The van der Waals surface area contributed by atoms with Gasteiger partial charge in [-0.1, -0.05) is 40.2 Å². The molecule has 0 saturated carbocycles. The Morgan fingerprint density at radius 2 is 1.96 bits per heavy atom. The molecular formula is C20H19BrN4O3. The molecule has 0 saturated heterocycles. The summed E-state index contributed by atoms with van der Waals surface area (Å²) in [6, 6.07) is 15.0. The van der Waals surface area contributed by atoms with Gasteiger partial charge in [0.25, 0.3) is 5.91 Å². The molecule has 0 aliphatic heterocycles. The number of benzene rings is 2. The molecule has 2 amide bonds. The number of likely N-dealkylation sites (N-methyl/N-ethyl adjacent to an activating group) is 1. The van der Waals surface area contributed by atoms with Crippen molar-refractivity contribution in [2.45, 2.75) is 12.5 Å². The molecule has 1 heterocycles. The Hall–Kier alpha value is -3.13. The minimum atomic E-state index is -0.737. The molecule has 0 radical (unpaired) electrons. The average Bonchev–Trinajstić information content (AvgIpc) is 3.17. The first-order valence-corrected chi connectivity index (χ1v) is 9.37. The van der Waals surface area contributed by atoms with Crippen molar-refractivity contribution in [1.29, 1.82) is 0 Å². The van der Waals surface area contributed by atoms with Gasteiger partial charge in [0.2, 0.25) is 5.91 Å². The summed E-state index contributed by atoms with van der Waals surface area (Å²) >= 11 is 3.40. The van der Waals surface area contributed by atoms with E-state index in [1.807, 2.05) is 24.3 Å². The molecule has 2 aromatic carbocycles. The van der Waals surface area contributed by atoms with E-state index in [0.717, 1.165) is 10.0 Å². The molecular weight excluding hydrogens is 424 g/mol. The van der Waals surface area contributed by atoms with Crippen molar-refractivity contribution in [2.75, 3.05) is 7.05 Å².